The number of carbonyl (C=O) groups excluding carboxylic acids is 1. The number of amides is 1. The summed E-state index contributed by atoms with van der Waals surface area (Å²) >= 11 is 0. The normalized spacial score (nSPS) is 12.6. The molecule has 0 aliphatic carbocycles. The number of aromatic nitrogens is 2. The Balaban J connectivity index is 1.66. The molecule has 4 rings (SSSR count). The average molecular weight is 434 g/mol. The van der Waals surface area contributed by atoms with Gasteiger partial charge in [-0.15, -0.1) is 0 Å². The SMILES string of the molecule is Cn1c(C[C@H](NC(=O)c2cccc(S(C)(=O)=O)c2)c2ccccc2)nc2ccccc21. The number of imidazole rings is 1. The lowest BCUT2D eigenvalue weighted by Crippen LogP contribution is -2.30. The molecule has 0 radical (unpaired) electrons. The largest absolute Gasteiger partial charge is 0.345 e. The van der Waals surface area contributed by atoms with Gasteiger partial charge >= 0.3 is 0 Å². The lowest BCUT2D eigenvalue weighted by molar-refractivity contribution is 0.0936. The Kier molecular flexibility index (Phi) is 5.61. The molecule has 4 aromatic rings. The topological polar surface area (TPSA) is 81.1 Å². The van der Waals surface area contributed by atoms with Crippen molar-refractivity contribution in [2.24, 2.45) is 7.05 Å². The van der Waals surface area contributed by atoms with Crippen LogP contribution in [-0.2, 0) is 23.3 Å². The van der Waals surface area contributed by atoms with Gasteiger partial charge in [0.15, 0.2) is 9.84 Å². The van der Waals surface area contributed by atoms with E-state index in [9.17, 15) is 13.2 Å². The van der Waals surface area contributed by atoms with Gasteiger partial charge in [0.2, 0.25) is 0 Å². The molecule has 0 aliphatic heterocycles. The Labute approximate surface area is 181 Å². The maximum Gasteiger partial charge on any atom is 0.251 e. The van der Waals surface area contributed by atoms with Crippen LogP contribution >= 0.6 is 0 Å². The molecule has 31 heavy (non-hydrogen) atoms. The second-order valence-corrected chi connectivity index (χ2v) is 9.53. The molecule has 7 heteroatoms. The number of benzene rings is 3. The zero-order valence-corrected chi connectivity index (χ0v) is 18.1. The maximum absolute atomic E-state index is 13.0. The van der Waals surface area contributed by atoms with Gasteiger partial charge < -0.3 is 9.88 Å². The molecular formula is C24H23N3O3S. The molecule has 0 aliphatic rings. The molecule has 158 valence electrons. The summed E-state index contributed by atoms with van der Waals surface area (Å²) in [5.74, 6) is 0.512. The van der Waals surface area contributed by atoms with Crippen LogP contribution in [0, 0.1) is 0 Å². The van der Waals surface area contributed by atoms with Crippen LogP contribution in [0.4, 0.5) is 0 Å². The number of hydrogen-bond acceptors (Lipinski definition) is 4. The second-order valence-electron chi connectivity index (χ2n) is 7.52. The number of hydrogen-bond donors (Lipinski definition) is 1. The van der Waals surface area contributed by atoms with E-state index in [2.05, 4.69) is 5.32 Å². The molecule has 1 atom stereocenters. The molecular weight excluding hydrogens is 410 g/mol. The van der Waals surface area contributed by atoms with Crippen molar-refractivity contribution in [2.75, 3.05) is 6.26 Å². The molecule has 1 N–H and O–H groups in total. The Hall–Kier alpha value is -3.45. The maximum atomic E-state index is 13.0. The summed E-state index contributed by atoms with van der Waals surface area (Å²) in [5, 5.41) is 3.06. The highest BCUT2D eigenvalue weighted by Crippen LogP contribution is 2.22. The quantitative estimate of drug-likeness (QED) is 0.503. The van der Waals surface area contributed by atoms with Gasteiger partial charge in [0.1, 0.15) is 5.82 Å². The van der Waals surface area contributed by atoms with Crippen LogP contribution in [-0.4, -0.2) is 30.1 Å². The van der Waals surface area contributed by atoms with Crippen LogP contribution in [0.2, 0.25) is 0 Å². The van der Waals surface area contributed by atoms with E-state index in [-0.39, 0.29) is 16.8 Å². The first kappa shape index (κ1) is 20.8. The molecule has 0 spiro atoms. The fourth-order valence-electron chi connectivity index (χ4n) is 3.61. The van der Waals surface area contributed by atoms with Crippen molar-refractivity contribution in [3.8, 4) is 0 Å². The van der Waals surface area contributed by atoms with E-state index in [1.54, 1.807) is 12.1 Å². The predicted molar refractivity (Wildman–Crippen MR) is 121 cm³/mol. The first-order valence-electron chi connectivity index (χ1n) is 9.89. The summed E-state index contributed by atoms with van der Waals surface area (Å²) < 4.78 is 25.8. The van der Waals surface area contributed by atoms with Gasteiger partial charge in [0.25, 0.3) is 5.91 Å². The Morgan fingerprint density at radius 2 is 1.71 bits per heavy atom. The molecule has 0 fully saturated rings. The van der Waals surface area contributed by atoms with Gasteiger partial charge in [-0.05, 0) is 35.9 Å². The van der Waals surface area contributed by atoms with E-state index < -0.39 is 9.84 Å². The fourth-order valence-corrected chi connectivity index (χ4v) is 4.27. The summed E-state index contributed by atoms with van der Waals surface area (Å²) in [6, 6.07) is 23.3. The molecule has 1 amide bonds. The molecule has 0 unspecified atom stereocenters. The van der Waals surface area contributed by atoms with Gasteiger partial charge in [-0.1, -0.05) is 48.5 Å². The third-order valence-corrected chi connectivity index (χ3v) is 6.41. The highest BCUT2D eigenvalue weighted by molar-refractivity contribution is 7.90. The summed E-state index contributed by atoms with van der Waals surface area (Å²) in [5.41, 5.74) is 3.17. The Bertz CT molecular complexity index is 1350. The van der Waals surface area contributed by atoms with Crippen LogP contribution in [0.25, 0.3) is 11.0 Å². The van der Waals surface area contributed by atoms with Crippen molar-refractivity contribution in [3.63, 3.8) is 0 Å². The second kappa shape index (κ2) is 8.35. The van der Waals surface area contributed by atoms with Crippen LogP contribution in [0.5, 0.6) is 0 Å². The molecule has 6 nitrogen and oxygen atoms in total. The number of rotatable bonds is 6. The minimum Gasteiger partial charge on any atom is -0.345 e. The minimum atomic E-state index is -3.40. The van der Waals surface area contributed by atoms with Crippen molar-refractivity contribution in [1.82, 2.24) is 14.9 Å². The lowest BCUT2D eigenvalue weighted by atomic mass is 10.0. The standard InChI is InChI=1S/C24H23N3O3S/c1-27-22-14-7-6-13-20(22)25-23(27)16-21(17-9-4-3-5-10-17)26-24(28)18-11-8-12-19(15-18)31(2,29)30/h3-15,21H,16H2,1-2H3,(H,26,28)/t21-/m0/s1. The molecule has 3 aromatic carbocycles. The zero-order chi connectivity index (χ0) is 22.0. The fraction of sp³-hybridized carbons (Fsp3) is 0.167. The van der Waals surface area contributed by atoms with E-state index in [0.29, 0.717) is 12.0 Å². The van der Waals surface area contributed by atoms with Crippen LogP contribution in [0.1, 0.15) is 27.8 Å². The number of fused-ring (bicyclic) bond motifs is 1. The van der Waals surface area contributed by atoms with Gasteiger partial charge in [-0.3, -0.25) is 4.79 Å². The van der Waals surface area contributed by atoms with E-state index in [0.717, 1.165) is 28.7 Å². The summed E-state index contributed by atoms with van der Waals surface area (Å²) in [7, 11) is -1.44. The van der Waals surface area contributed by atoms with Gasteiger partial charge in [0, 0.05) is 25.3 Å². The first-order chi connectivity index (χ1) is 14.8. The predicted octanol–water partition coefficient (Wildman–Crippen LogP) is 3.69. The van der Waals surface area contributed by atoms with Crippen molar-refractivity contribution < 1.29 is 13.2 Å². The number of carbonyl (C=O) groups is 1. The first-order valence-corrected chi connectivity index (χ1v) is 11.8. The molecule has 1 heterocycles. The van der Waals surface area contributed by atoms with Crippen molar-refractivity contribution in [3.05, 3.63) is 95.8 Å². The molecule has 0 bridgehead atoms. The van der Waals surface area contributed by atoms with Crippen molar-refractivity contribution >= 4 is 26.8 Å². The number of para-hydroxylation sites is 2. The van der Waals surface area contributed by atoms with Crippen LogP contribution < -0.4 is 5.32 Å². The summed E-state index contributed by atoms with van der Waals surface area (Å²) in [6.07, 6.45) is 1.62. The Morgan fingerprint density at radius 3 is 2.42 bits per heavy atom. The summed E-state index contributed by atoms with van der Waals surface area (Å²) in [6.45, 7) is 0. The summed E-state index contributed by atoms with van der Waals surface area (Å²) in [4.78, 5) is 17.9. The highest BCUT2D eigenvalue weighted by Gasteiger charge is 2.20. The van der Waals surface area contributed by atoms with E-state index in [4.69, 9.17) is 4.98 Å². The number of nitrogens with zero attached hydrogens (tertiary/aromatic N) is 2. The lowest BCUT2D eigenvalue weighted by Gasteiger charge is -2.19. The third kappa shape index (κ3) is 4.51. The zero-order valence-electron chi connectivity index (χ0n) is 17.3. The van der Waals surface area contributed by atoms with Crippen molar-refractivity contribution in [2.45, 2.75) is 17.4 Å². The van der Waals surface area contributed by atoms with Crippen LogP contribution in [0.3, 0.4) is 0 Å². The van der Waals surface area contributed by atoms with Gasteiger partial charge in [-0.2, -0.15) is 0 Å². The number of aryl methyl sites for hydroxylation is 1. The molecule has 0 saturated heterocycles. The van der Waals surface area contributed by atoms with Crippen molar-refractivity contribution in [1.29, 1.82) is 0 Å². The Morgan fingerprint density at radius 1 is 1.00 bits per heavy atom. The minimum absolute atomic E-state index is 0.117. The van der Waals surface area contributed by atoms with Crippen LogP contribution in [0.15, 0.2) is 83.8 Å². The average Bonchev–Trinajstić information content (AvgIpc) is 3.09. The van der Waals surface area contributed by atoms with E-state index in [1.807, 2.05) is 66.2 Å². The van der Waals surface area contributed by atoms with Gasteiger partial charge in [-0.25, -0.2) is 13.4 Å². The monoisotopic (exact) mass is 433 g/mol. The van der Waals surface area contributed by atoms with E-state index in [1.165, 1.54) is 12.1 Å². The molecule has 0 saturated carbocycles. The third-order valence-electron chi connectivity index (χ3n) is 5.30. The smallest absolute Gasteiger partial charge is 0.251 e. The highest BCUT2D eigenvalue weighted by atomic mass is 32.2. The number of sulfone groups is 1. The number of nitrogens with one attached hydrogen (secondary N) is 1. The molecule has 1 aromatic heterocycles. The van der Waals surface area contributed by atoms with E-state index >= 15 is 0 Å². The van der Waals surface area contributed by atoms with Gasteiger partial charge in [0.05, 0.1) is 22.0 Å².